The molecular formula is C17H24O6. The van der Waals surface area contributed by atoms with Crippen LogP contribution < -0.4 is 0 Å². The molecule has 0 amide bonds. The molecule has 1 spiro atoms. The second-order valence-electron chi connectivity index (χ2n) is 8.33. The van der Waals surface area contributed by atoms with Crippen LogP contribution in [-0.2, 0) is 23.7 Å². The molecule has 1 aliphatic carbocycles. The SMILES string of the molecule is C[C@@H]1COC2CC3(C)C45CCOC4OC3(C(=O)OC[C@H](O)C5)C21. The standard InChI is InChI=1S/C17H24O6/c1-9-7-21-11-6-15(2)16-3-4-20-14(16)23-17(15,12(9)11)13(19)22-8-10(18)5-16/h9-12,14,18H,3-8H2,1-2H3/t9-,10-,11?,12?,14?,15?,16?,17?/m1/s1. The molecule has 4 aliphatic heterocycles. The van der Waals surface area contributed by atoms with Crippen molar-refractivity contribution in [2.75, 3.05) is 19.8 Å². The van der Waals surface area contributed by atoms with E-state index in [2.05, 4.69) is 13.8 Å². The maximum Gasteiger partial charge on any atom is 0.339 e. The summed E-state index contributed by atoms with van der Waals surface area (Å²) >= 11 is 0. The molecule has 5 fully saturated rings. The lowest BCUT2D eigenvalue weighted by Crippen LogP contribution is -2.59. The first kappa shape index (κ1) is 14.6. The van der Waals surface area contributed by atoms with Gasteiger partial charge in [0.15, 0.2) is 11.9 Å². The van der Waals surface area contributed by atoms with Crippen LogP contribution in [0.3, 0.4) is 0 Å². The van der Waals surface area contributed by atoms with Crippen molar-refractivity contribution in [3.63, 3.8) is 0 Å². The highest BCUT2D eigenvalue weighted by molar-refractivity contribution is 5.83. The number of carbonyl (C=O) groups is 1. The van der Waals surface area contributed by atoms with E-state index in [9.17, 15) is 9.90 Å². The summed E-state index contributed by atoms with van der Waals surface area (Å²) in [7, 11) is 0. The summed E-state index contributed by atoms with van der Waals surface area (Å²) in [6.45, 7) is 5.57. The summed E-state index contributed by atoms with van der Waals surface area (Å²) in [5.74, 6) is -0.0862. The third kappa shape index (κ3) is 1.40. The van der Waals surface area contributed by atoms with Gasteiger partial charge < -0.3 is 24.1 Å². The Labute approximate surface area is 135 Å². The number of hydrogen-bond donors (Lipinski definition) is 1. The quantitative estimate of drug-likeness (QED) is 0.666. The Morgan fingerprint density at radius 1 is 1.22 bits per heavy atom. The molecule has 0 aromatic rings. The smallest absolute Gasteiger partial charge is 0.339 e. The van der Waals surface area contributed by atoms with E-state index in [1.807, 2.05) is 0 Å². The first-order valence-electron chi connectivity index (χ1n) is 8.71. The molecule has 23 heavy (non-hydrogen) atoms. The molecule has 1 N–H and O–H groups in total. The Morgan fingerprint density at radius 3 is 2.87 bits per heavy atom. The van der Waals surface area contributed by atoms with Gasteiger partial charge in [-0.1, -0.05) is 13.8 Å². The zero-order valence-corrected chi connectivity index (χ0v) is 13.6. The zero-order valence-electron chi connectivity index (χ0n) is 13.6. The minimum Gasteiger partial charge on any atom is -0.461 e. The third-order valence-electron chi connectivity index (χ3n) is 7.46. The topological polar surface area (TPSA) is 74.2 Å². The number of carbonyl (C=O) groups excluding carboxylic acids is 1. The maximum absolute atomic E-state index is 13.1. The lowest BCUT2D eigenvalue weighted by Gasteiger charge is -2.47. The summed E-state index contributed by atoms with van der Waals surface area (Å²) in [5.41, 5.74) is -1.76. The predicted octanol–water partition coefficient (Wildman–Crippen LogP) is 0.857. The first-order chi connectivity index (χ1) is 10.9. The molecule has 5 aliphatic rings. The molecule has 0 aromatic heterocycles. The highest BCUT2D eigenvalue weighted by atomic mass is 16.7. The first-order valence-corrected chi connectivity index (χ1v) is 8.71. The van der Waals surface area contributed by atoms with E-state index in [0.29, 0.717) is 19.6 Å². The molecule has 8 atom stereocenters. The minimum absolute atomic E-state index is 0.00122. The largest absolute Gasteiger partial charge is 0.461 e. The van der Waals surface area contributed by atoms with Crippen LogP contribution >= 0.6 is 0 Å². The van der Waals surface area contributed by atoms with Gasteiger partial charge in [-0.25, -0.2) is 4.79 Å². The number of aliphatic hydroxyl groups excluding tert-OH is 1. The molecule has 1 saturated carbocycles. The molecule has 4 saturated heterocycles. The van der Waals surface area contributed by atoms with Gasteiger partial charge in [-0.05, 0) is 25.2 Å². The van der Waals surface area contributed by atoms with E-state index in [4.69, 9.17) is 18.9 Å². The molecule has 5 rings (SSSR count). The van der Waals surface area contributed by atoms with Crippen molar-refractivity contribution in [1.29, 1.82) is 0 Å². The van der Waals surface area contributed by atoms with E-state index in [1.165, 1.54) is 0 Å². The van der Waals surface area contributed by atoms with E-state index < -0.39 is 23.4 Å². The Balaban J connectivity index is 1.73. The van der Waals surface area contributed by atoms with Gasteiger partial charge in [0.25, 0.3) is 0 Å². The number of cyclic esters (lactones) is 1. The number of hydrogen-bond acceptors (Lipinski definition) is 6. The van der Waals surface area contributed by atoms with Gasteiger partial charge in [-0.2, -0.15) is 0 Å². The number of aliphatic hydroxyl groups is 1. The van der Waals surface area contributed by atoms with Crippen molar-refractivity contribution in [2.24, 2.45) is 22.7 Å². The lowest BCUT2D eigenvalue weighted by molar-refractivity contribution is -0.212. The summed E-state index contributed by atoms with van der Waals surface area (Å²) < 4.78 is 23.8. The zero-order chi connectivity index (χ0) is 16.0. The number of fused-ring (bicyclic) bond motifs is 1. The highest BCUT2D eigenvalue weighted by Gasteiger charge is 2.83. The van der Waals surface area contributed by atoms with Crippen molar-refractivity contribution in [3.05, 3.63) is 0 Å². The van der Waals surface area contributed by atoms with Gasteiger partial charge in [0.2, 0.25) is 0 Å². The summed E-state index contributed by atoms with van der Waals surface area (Å²) in [6.07, 6.45) is 1.06. The van der Waals surface area contributed by atoms with Crippen molar-refractivity contribution < 1.29 is 28.8 Å². The summed E-state index contributed by atoms with van der Waals surface area (Å²) in [5, 5.41) is 10.4. The van der Waals surface area contributed by atoms with Gasteiger partial charge >= 0.3 is 5.97 Å². The second kappa shape index (κ2) is 4.28. The van der Waals surface area contributed by atoms with E-state index in [0.717, 1.165) is 12.8 Å². The predicted molar refractivity (Wildman–Crippen MR) is 77.3 cm³/mol. The van der Waals surface area contributed by atoms with Crippen molar-refractivity contribution in [1.82, 2.24) is 0 Å². The van der Waals surface area contributed by atoms with E-state index in [1.54, 1.807) is 0 Å². The maximum atomic E-state index is 13.1. The Hall–Kier alpha value is -0.690. The third-order valence-corrected chi connectivity index (χ3v) is 7.46. The minimum atomic E-state index is -1.00. The molecule has 6 heteroatoms. The van der Waals surface area contributed by atoms with Crippen LogP contribution in [0.5, 0.6) is 0 Å². The number of rotatable bonds is 0. The Bertz CT molecular complexity index is 565. The molecule has 128 valence electrons. The fourth-order valence-electron chi connectivity index (χ4n) is 6.47. The monoisotopic (exact) mass is 324 g/mol. The van der Waals surface area contributed by atoms with Crippen LogP contribution in [0, 0.1) is 22.7 Å². The lowest BCUT2D eigenvalue weighted by atomic mass is 9.55. The number of esters is 1. The van der Waals surface area contributed by atoms with Gasteiger partial charge in [-0.15, -0.1) is 0 Å². The Morgan fingerprint density at radius 2 is 2.04 bits per heavy atom. The van der Waals surface area contributed by atoms with Crippen LogP contribution in [0.15, 0.2) is 0 Å². The van der Waals surface area contributed by atoms with Crippen LogP contribution in [-0.4, -0.2) is 55.0 Å². The van der Waals surface area contributed by atoms with Gasteiger partial charge in [0.1, 0.15) is 6.61 Å². The average molecular weight is 324 g/mol. The van der Waals surface area contributed by atoms with Crippen LogP contribution in [0.4, 0.5) is 0 Å². The van der Waals surface area contributed by atoms with Gasteiger partial charge in [0, 0.05) is 23.4 Å². The van der Waals surface area contributed by atoms with E-state index >= 15 is 0 Å². The van der Waals surface area contributed by atoms with Crippen molar-refractivity contribution >= 4 is 5.97 Å². The fraction of sp³-hybridized carbons (Fsp3) is 0.941. The molecule has 6 unspecified atom stereocenters. The van der Waals surface area contributed by atoms with Gasteiger partial charge in [-0.3, -0.25) is 0 Å². The highest BCUT2D eigenvalue weighted by Crippen LogP contribution is 2.74. The van der Waals surface area contributed by atoms with Crippen molar-refractivity contribution in [3.8, 4) is 0 Å². The number of ether oxygens (including phenoxy) is 4. The van der Waals surface area contributed by atoms with E-state index in [-0.39, 0.29) is 35.9 Å². The fourth-order valence-corrected chi connectivity index (χ4v) is 6.47. The second-order valence-corrected chi connectivity index (χ2v) is 8.33. The van der Waals surface area contributed by atoms with Crippen molar-refractivity contribution in [2.45, 2.75) is 57.2 Å². The molecule has 0 radical (unpaired) electrons. The molecule has 0 aromatic carbocycles. The molecule has 2 bridgehead atoms. The summed E-state index contributed by atoms with van der Waals surface area (Å²) in [6, 6.07) is 0. The molecule has 6 nitrogen and oxygen atoms in total. The molecule has 4 heterocycles. The van der Waals surface area contributed by atoms with Crippen LogP contribution in [0.1, 0.15) is 33.1 Å². The van der Waals surface area contributed by atoms with Gasteiger partial charge in [0.05, 0.1) is 18.8 Å². The van der Waals surface area contributed by atoms with Crippen LogP contribution in [0.25, 0.3) is 0 Å². The average Bonchev–Trinajstić information content (AvgIpc) is 3.16. The Kier molecular flexibility index (Phi) is 2.72. The summed E-state index contributed by atoms with van der Waals surface area (Å²) in [4.78, 5) is 13.1. The molecular weight excluding hydrogens is 300 g/mol. The normalized spacial score (nSPS) is 60.7. The van der Waals surface area contributed by atoms with Crippen LogP contribution in [0.2, 0.25) is 0 Å².